The van der Waals surface area contributed by atoms with Gasteiger partial charge in [0.05, 0.1) is 5.92 Å². The molecule has 0 amide bonds. The number of carbonyl (C=O) groups is 9. The fraction of sp³-hybridized carbons (Fsp3) is 0.723. The highest BCUT2D eigenvalue weighted by Gasteiger charge is 2.77. The number of hydrogen-bond acceptors (Lipinski definition) is 20. The van der Waals surface area contributed by atoms with Crippen LogP contribution >= 0.6 is 0 Å². The number of ether oxygens (including phenoxy) is 7. The highest BCUT2D eigenvalue weighted by Crippen LogP contribution is 2.58. The quantitative estimate of drug-likeness (QED) is 0.170. The molecule has 67 heavy (non-hydrogen) atoms. The fourth-order valence-corrected chi connectivity index (χ4v) is 10.7. The van der Waals surface area contributed by atoms with Gasteiger partial charge in [0.25, 0.3) is 0 Å². The lowest BCUT2D eigenvalue weighted by atomic mass is 9.75. The lowest BCUT2D eigenvalue weighted by Gasteiger charge is -2.41. The van der Waals surface area contributed by atoms with Crippen LogP contribution in [0.3, 0.4) is 0 Å². The Morgan fingerprint density at radius 2 is 1.09 bits per heavy atom. The van der Waals surface area contributed by atoms with Gasteiger partial charge in [-0.3, -0.25) is 33.6 Å². The van der Waals surface area contributed by atoms with E-state index in [1.54, 1.807) is 34.6 Å². The van der Waals surface area contributed by atoms with Crippen LogP contribution in [0, 0.1) is 17.8 Å². The third-order valence-corrected chi connectivity index (χ3v) is 14.1. The van der Waals surface area contributed by atoms with Crippen LogP contribution in [0.2, 0.25) is 0 Å². The van der Waals surface area contributed by atoms with Crippen molar-refractivity contribution >= 4 is 53.4 Å². The number of esters is 7. The molecule has 4 fully saturated rings. The first kappa shape index (κ1) is 52.9. The van der Waals surface area contributed by atoms with Crippen LogP contribution in [0.5, 0.6) is 0 Å². The average molecular weight is 949 g/mol. The summed E-state index contributed by atoms with van der Waals surface area (Å²) in [5.74, 6) is -8.43. The van der Waals surface area contributed by atoms with Crippen molar-refractivity contribution in [3.8, 4) is 0 Å². The Hall–Kier alpha value is -5.05. The van der Waals surface area contributed by atoms with E-state index in [9.17, 15) is 63.6 Å². The van der Waals surface area contributed by atoms with Gasteiger partial charge in [0.1, 0.15) is 23.4 Å². The molecule has 2 saturated carbocycles. The summed E-state index contributed by atoms with van der Waals surface area (Å²) in [5.41, 5.74) is -12.3. The molecule has 0 aromatic carbocycles. The molecule has 0 aromatic rings. The van der Waals surface area contributed by atoms with E-state index in [4.69, 9.17) is 33.2 Å². The summed E-state index contributed by atoms with van der Waals surface area (Å²) in [6.45, 7) is 17.6. The van der Waals surface area contributed by atoms with E-state index in [1.807, 2.05) is 0 Å². The molecule has 0 bridgehead atoms. The van der Waals surface area contributed by atoms with E-state index in [2.05, 4.69) is 0 Å². The Balaban J connectivity index is 0.000000256. The smallest absolute Gasteiger partial charge is 0.341 e. The van der Waals surface area contributed by atoms with E-state index in [1.165, 1.54) is 27.7 Å². The first-order valence-corrected chi connectivity index (χ1v) is 22.6. The van der Waals surface area contributed by atoms with Crippen molar-refractivity contribution in [3.05, 3.63) is 22.3 Å². The lowest BCUT2D eigenvalue weighted by molar-refractivity contribution is -0.211. The number of fused-ring (bicyclic) bond motifs is 6. The van der Waals surface area contributed by atoms with Gasteiger partial charge < -0.3 is 53.6 Å². The number of ketones is 2. The normalized spacial score (nSPS) is 38.6. The second kappa shape index (κ2) is 18.5. The van der Waals surface area contributed by atoms with Gasteiger partial charge in [0, 0.05) is 58.3 Å². The molecule has 4 N–H and O–H groups in total. The van der Waals surface area contributed by atoms with Crippen LogP contribution in [0.1, 0.15) is 134 Å². The van der Waals surface area contributed by atoms with Gasteiger partial charge in [-0.05, 0) is 82.6 Å². The lowest BCUT2D eigenvalue weighted by Crippen LogP contribution is -2.64. The van der Waals surface area contributed by atoms with E-state index < -0.39 is 130 Å². The monoisotopic (exact) mass is 948 g/mol. The second-order valence-electron chi connectivity index (χ2n) is 19.7. The maximum atomic E-state index is 13.4. The Kier molecular flexibility index (Phi) is 14.6. The van der Waals surface area contributed by atoms with Crippen molar-refractivity contribution in [2.75, 3.05) is 0 Å². The van der Waals surface area contributed by atoms with Crippen molar-refractivity contribution in [3.63, 3.8) is 0 Å². The summed E-state index contributed by atoms with van der Waals surface area (Å²) >= 11 is 0. The predicted molar refractivity (Wildman–Crippen MR) is 226 cm³/mol. The van der Waals surface area contributed by atoms with Gasteiger partial charge in [-0.25, -0.2) is 9.59 Å². The molecule has 0 unspecified atom stereocenters. The third-order valence-electron chi connectivity index (χ3n) is 14.1. The van der Waals surface area contributed by atoms with Crippen molar-refractivity contribution in [2.45, 2.75) is 199 Å². The molecular formula is C47H64O20. The van der Waals surface area contributed by atoms with Crippen LogP contribution in [0.25, 0.3) is 0 Å². The van der Waals surface area contributed by atoms with Crippen molar-refractivity contribution in [1.82, 2.24) is 0 Å². The molecule has 2 saturated heterocycles. The number of allylic oxidation sites excluding steroid dienone is 1. The summed E-state index contributed by atoms with van der Waals surface area (Å²) < 4.78 is 38.9. The van der Waals surface area contributed by atoms with Crippen LogP contribution < -0.4 is 0 Å². The van der Waals surface area contributed by atoms with Crippen molar-refractivity contribution in [2.24, 2.45) is 17.8 Å². The average Bonchev–Trinajstić information content (AvgIpc) is 3.72. The van der Waals surface area contributed by atoms with Crippen molar-refractivity contribution in [1.29, 1.82) is 0 Å². The Morgan fingerprint density at radius 1 is 0.657 bits per heavy atom. The summed E-state index contributed by atoms with van der Waals surface area (Å²) in [5, 5.41) is 45.9. The molecule has 0 aromatic heterocycles. The van der Waals surface area contributed by atoms with Gasteiger partial charge in [-0.2, -0.15) is 0 Å². The molecule has 372 valence electrons. The largest absolute Gasteiger partial charge is 0.459 e. The van der Waals surface area contributed by atoms with E-state index in [0.717, 1.165) is 20.8 Å². The highest BCUT2D eigenvalue weighted by molar-refractivity contribution is 6.04. The molecule has 20 nitrogen and oxygen atoms in total. The minimum Gasteiger partial charge on any atom is -0.459 e. The summed E-state index contributed by atoms with van der Waals surface area (Å²) in [6.07, 6.45) is -7.23. The molecule has 4 aliphatic carbocycles. The van der Waals surface area contributed by atoms with Crippen LogP contribution in [0.4, 0.5) is 0 Å². The first-order chi connectivity index (χ1) is 30.8. The van der Waals surface area contributed by atoms with Crippen LogP contribution in [0.15, 0.2) is 22.3 Å². The van der Waals surface area contributed by atoms with Gasteiger partial charge in [-0.15, -0.1) is 0 Å². The maximum absolute atomic E-state index is 13.4. The van der Waals surface area contributed by atoms with E-state index in [-0.39, 0.29) is 66.1 Å². The molecule has 6 aliphatic rings. The summed E-state index contributed by atoms with van der Waals surface area (Å²) in [4.78, 5) is 113. The van der Waals surface area contributed by atoms with E-state index >= 15 is 0 Å². The second-order valence-corrected chi connectivity index (χ2v) is 19.7. The molecule has 2 heterocycles. The predicted octanol–water partition coefficient (Wildman–Crippen LogP) is 2.04. The van der Waals surface area contributed by atoms with Gasteiger partial charge in [-0.1, -0.05) is 27.7 Å². The SMILES string of the molecule is CCCC(=O)O[C@H]1C[C@](C)(OC(C)=O)[C@@H]2C(=C(C)C(=O)[C@H]2OC(=O)CC(C)C)[C@@H]2OC(=O)[C@@](C)(O)[C@@]12O.CCCC(=O)O[C@H]1C[C@](C)(OC(C)=O)[C@H]2CC(=O)C(C)=C2[C@@H]2OC(=O)[C@@](C)(O)[C@@]12O. The fourth-order valence-electron chi connectivity index (χ4n) is 10.7. The number of rotatable bonds is 11. The molecule has 2 aliphatic heterocycles. The maximum Gasteiger partial charge on any atom is 0.341 e. The molecule has 13 atom stereocenters. The number of Topliss-reactive ketones (excluding diaryl/α,β-unsaturated/α-hetero) is 2. The molecule has 0 spiro atoms. The summed E-state index contributed by atoms with van der Waals surface area (Å²) in [7, 11) is 0. The van der Waals surface area contributed by atoms with Gasteiger partial charge in [0.15, 0.2) is 52.3 Å². The number of carbonyl (C=O) groups excluding carboxylic acids is 9. The Morgan fingerprint density at radius 3 is 1.52 bits per heavy atom. The zero-order valence-electron chi connectivity index (χ0n) is 40.1. The molecule has 0 radical (unpaired) electrons. The number of hydrogen-bond donors (Lipinski definition) is 4. The van der Waals surface area contributed by atoms with Crippen LogP contribution in [-0.4, -0.2) is 138 Å². The van der Waals surface area contributed by atoms with Crippen molar-refractivity contribution < 1.29 is 96.7 Å². The first-order valence-electron chi connectivity index (χ1n) is 22.6. The standard InChI is InChI=1S/C26H36O11.C21H28O9/c1-8-9-16(28)34-15-11-24(6,37-14(5)27)19-18(22-26(15,33)25(7,32)23(31)36-22)13(4)20(30)21(19)35-17(29)10-12(2)3;1-6-7-15(24)28-14-9-19(4,30-11(3)22)12-8-13(23)10(2)16(12)17-21(14,27)20(5,26)18(25)29-17/h12,15,19,21-22,32-33H,8-11H2,1-7H3;12,14,17,26-27H,6-9H2,1-5H3/t15-,19+,21-,22-,24-,25+,26+;12-,14-,17-,19-,20+,21+/m00/s1. The minimum atomic E-state index is -2.55. The Labute approximate surface area is 388 Å². The van der Waals surface area contributed by atoms with Gasteiger partial charge in [0.2, 0.25) is 0 Å². The number of aliphatic hydroxyl groups is 4. The van der Waals surface area contributed by atoms with Crippen LogP contribution in [-0.2, 0) is 76.3 Å². The zero-order chi connectivity index (χ0) is 50.7. The molecule has 20 heteroatoms. The molecular weight excluding hydrogens is 884 g/mol. The topological polar surface area (TPSA) is 299 Å². The van der Waals surface area contributed by atoms with E-state index in [0.29, 0.717) is 12.8 Å². The minimum absolute atomic E-state index is 0.0163. The zero-order valence-corrected chi connectivity index (χ0v) is 40.1. The van der Waals surface area contributed by atoms with Gasteiger partial charge >= 0.3 is 41.8 Å². The summed E-state index contributed by atoms with van der Waals surface area (Å²) in [6, 6.07) is 0. The molecule has 6 rings (SSSR count). The third kappa shape index (κ3) is 8.82. The Bertz CT molecular complexity index is 2180. The highest BCUT2D eigenvalue weighted by atomic mass is 16.6.